The number of nitrogens with one attached hydrogen (secondary N) is 2. The maximum atomic E-state index is 12.7. The van der Waals surface area contributed by atoms with Crippen LogP contribution in [0.4, 0.5) is 18.9 Å². The summed E-state index contributed by atoms with van der Waals surface area (Å²) in [6, 6.07) is 5.56. The number of hydrogen-bond acceptors (Lipinski definition) is 4. The highest BCUT2D eigenvalue weighted by Crippen LogP contribution is 2.33. The molecule has 10 heteroatoms. The van der Waals surface area contributed by atoms with Crippen LogP contribution in [-0.2, 0) is 11.0 Å². The minimum absolute atomic E-state index is 0.0351. The summed E-state index contributed by atoms with van der Waals surface area (Å²) in [5, 5.41) is 5.97. The average molecular weight is 388 g/mol. The zero-order valence-corrected chi connectivity index (χ0v) is 14.1. The van der Waals surface area contributed by atoms with Crippen LogP contribution in [-0.4, -0.2) is 17.5 Å². The van der Waals surface area contributed by atoms with E-state index in [2.05, 4.69) is 15.8 Å². The van der Waals surface area contributed by atoms with Gasteiger partial charge < -0.3 is 9.73 Å². The van der Waals surface area contributed by atoms with E-state index in [1.165, 1.54) is 25.3 Å². The van der Waals surface area contributed by atoms with E-state index in [1.807, 2.05) is 0 Å². The highest BCUT2D eigenvalue weighted by Gasteiger charge is 2.31. The van der Waals surface area contributed by atoms with Crippen molar-refractivity contribution in [2.75, 3.05) is 5.32 Å². The van der Waals surface area contributed by atoms with Gasteiger partial charge in [0, 0.05) is 5.71 Å². The number of benzene rings is 1. The molecular formula is C16H13ClF3N3O3. The summed E-state index contributed by atoms with van der Waals surface area (Å²) >= 11 is 5.81. The standard InChI is InChI=1S/C16H13ClF3N3O3/c1-9(22-23-15(25)13-3-2-6-26-13)7-14(24)21-12-8-10(16(18,19)20)4-5-11(12)17/h2-6,8H,7H2,1H3,(H,21,24)(H,23,25)/b22-9-. The van der Waals surface area contributed by atoms with Gasteiger partial charge in [0.05, 0.1) is 29.0 Å². The molecule has 0 spiro atoms. The molecule has 1 aromatic carbocycles. The molecule has 0 atom stereocenters. The van der Waals surface area contributed by atoms with E-state index in [0.717, 1.165) is 18.2 Å². The Morgan fingerprint density at radius 3 is 2.62 bits per heavy atom. The van der Waals surface area contributed by atoms with Gasteiger partial charge in [0.25, 0.3) is 0 Å². The fourth-order valence-electron chi connectivity index (χ4n) is 1.87. The van der Waals surface area contributed by atoms with Crippen LogP contribution in [0.25, 0.3) is 0 Å². The summed E-state index contributed by atoms with van der Waals surface area (Å²) in [6.07, 6.45) is -3.50. The summed E-state index contributed by atoms with van der Waals surface area (Å²) in [7, 11) is 0. The third kappa shape index (κ3) is 5.35. The summed E-state index contributed by atoms with van der Waals surface area (Å²) < 4.78 is 43.0. The Bertz CT molecular complexity index is 833. The van der Waals surface area contributed by atoms with Gasteiger partial charge >= 0.3 is 12.1 Å². The molecule has 2 rings (SSSR count). The highest BCUT2D eigenvalue weighted by molar-refractivity contribution is 6.33. The number of halogens is 4. The summed E-state index contributed by atoms with van der Waals surface area (Å²) in [5.74, 6) is -1.20. The van der Waals surface area contributed by atoms with Crippen LogP contribution >= 0.6 is 11.6 Å². The summed E-state index contributed by atoms with van der Waals surface area (Å²) in [4.78, 5) is 23.6. The van der Waals surface area contributed by atoms with Crippen molar-refractivity contribution in [3.8, 4) is 0 Å². The van der Waals surface area contributed by atoms with E-state index in [4.69, 9.17) is 16.0 Å². The van der Waals surface area contributed by atoms with Crippen molar-refractivity contribution in [1.82, 2.24) is 5.43 Å². The van der Waals surface area contributed by atoms with Crippen LogP contribution in [0.3, 0.4) is 0 Å². The van der Waals surface area contributed by atoms with E-state index >= 15 is 0 Å². The van der Waals surface area contributed by atoms with E-state index < -0.39 is 23.6 Å². The predicted octanol–water partition coefficient (Wildman–Crippen LogP) is 4.09. The van der Waals surface area contributed by atoms with Gasteiger partial charge in [0.15, 0.2) is 5.76 Å². The van der Waals surface area contributed by atoms with Gasteiger partial charge in [-0.25, -0.2) is 5.43 Å². The van der Waals surface area contributed by atoms with Crippen molar-refractivity contribution >= 4 is 34.8 Å². The molecule has 2 N–H and O–H groups in total. The van der Waals surface area contributed by atoms with Crippen molar-refractivity contribution in [2.24, 2.45) is 5.10 Å². The third-order valence-electron chi connectivity index (χ3n) is 3.08. The number of amides is 2. The van der Waals surface area contributed by atoms with E-state index in [9.17, 15) is 22.8 Å². The van der Waals surface area contributed by atoms with E-state index in [0.29, 0.717) is 0 Å². The van der Waals surface area contributed by atoms with Gasteiger partial charge in [0.2, 0.25) is 5.91 Å². The molecule has 2 aromatic rings. The molecule has 1 heterocycles. The van der Waals surface area contributed by atoms with Crippen LogP contribution < -0.4 is 10.7 Å². The van der Waals surface area contributed by atoms with Crippen LogP contribution in [0.5, 0.6) is 0 Å². The molecule has 0 aliphatic rings. The lowest BCUT2D eigenvalue weighted by Gasteiger charge is -2.11. The quantitative estimate of drug-likeness (QED) is 0.598. The molecule has 26 heavy (non-hydrogen) atoms. The molecule has 0 radical (unpaired) electrons. The first-order valence-electron chi connectivity index (χ1n) is 7.20. The lowest BCUT2D eigenvalue weighted by atomic mass is 10.2. The fourth-order valence-corrected chi connectivity index (χ4v) is 2.04. The maximum Gasteiger partial charge on any atom is 0.416 e. The molecule has 6 nitrogen and oxygen atoms in total. The van der Waals surface area contributed by atoms with Crippen molar-refractivity contribution in [3.05, 3.63) is 52.9 Å². The normalized spacial score (nSPS) is 12.0. The Hall–Kier alpha value is -2.81. The Kier molecular flexibility index (Phi) is 6.04. The molecule has 138 valence electrons. The number of furan rings is 1. The van der Waals surface area contributed by atoms with Gasteiger partial charge in [0.1, 0.15) is 0 Å². The molecule has 1 aromatic heterocycles. The number of alkyl halides is 3. The number of carbonyl (C=O) groups is 2. The van der Waals surface area contributed by atoms with E-state index in [-0.39, 0.29) is 28.6 Å². The SMILES string of the molecule is C/C(CC(=O)Nc1cc(C(F)(F)F)ccc1Cl)=N/NC(=O)c1ccco1. The number of hydrogen-bond donors (Lipinski definition) is 2. The monoisotopic (exact) mass is 387 g/mol. The second-order valence-corrected chi connectivity index (χ2v) is 5.59. The average Bonchev–Trinajstić information content (AvgIpc) is 3.08. The van der Waals surface area contributed by atoms with Gasteiger partial charge in [-0.3, -0.25) is 9.59 Å². The fraction of sp³-hybridized carbons (Fsp3) is 0.188. The first kappa shape index (κ1) is 19.5. The molecule has 0 saturated heterocycles. The van der Waals surface area contributed by atoms with Crippen molar-refractivity contribution in [2.45, 2.75) is 19.5 Å². The smallest absolute Gasteiger partial charge is 0.416 e. The Labute approximate surface area is 151 Å². The molecule has 0 aliphatic heterocycles. The third-order valence-corrected chi connectivity index (χ3v) is 3.41. The molecule has 0 aliphatic carbocycles. The zero-order chi connectivity index (χ0) is 19.3. The van der Waals surface area contributed by atoms with Gasteiger partial charge in [-0.15, -0.1) is 0 Å². The molecular weight excluding hydrogens is 375 g/mol. The van der Waals surface area contributed by atoms with Crippen LogP contribution in [0.15, 0.2) is 46.1 Å². The molecule has 2 amide bonds. The summed E-state index contributed by atoms with van der Waals surface area (Å²) in [5.41, 5.74) is 1.32. The summed E-state index contributed by atoms with van der Waals surface area (Å²) in [6.45, 7) is 1.47. The van der Waals surface area contributed by atoms with Crippen molar-refractivity contribution < 1.29 is 27.2 Å². The predicted molar refractivity (Wildman–Crippen MR) is 89.0 cm³/mol. The van der Waals surface area contributed by atoms with Gasteiger partial charge in [-0.05, 0) is 37.3 Å². The second kappa shape index (κ2) is 8.05. The second-order valence-electron chi connectivity index (χ2n) is 5.18. The molecule has 0 bridgehead atoms. The molecule has 0 unspecified atom stereocenters. The van der Waals surface area contributed by atoms with E-state index in [1.54, 1.807) is 0 Å². The lowest BCUT2D eigenvalue weighted by molar-refractivity contribution is -0.137. The first-order valence-corrected chi connectivity index (χ1v) is 7.58. The van der Waals surface area contributed by atoms with Crippen molar-refractivity contribution in [3.63, 3.8) is 0 Å². The largest absolute Gasteiger partial charge is 0.459 e. The minimum atomic E-state index is -4.56. The number of anilines is 1. The number of rotatable bonds is 5. The molecule has 0 saturated carbocycles. The van der Waals surface area contributed by atoms with Crippen molar-refractivity contribution in [1.29, 1.82) is 0 Å². The molecule has 0 fully saturated rings. The maximum absolute atomic E-state index is 12.7. The van der Waals surface area contributed by atoms with Crippen LogP contribution in [0, 0.1) is 0 Å². The number of hydrazone groups is 1. The Balaban J connectivity index is 1.97. The lowest BCUT2D eigenvalue weighted by Crippen LogP contribution is -2.21. The van der Waals surface area contributed by atoms with Gasteiger partial charge in [-0.1, -0.05) is 11.6 Å². The Morgan fingerprint density at radius 2 is 2.00 bits per heavy atom. The Morgan fingerprint density at radius 1 is 1.27 bits per heavy atom. The van der Waals surface area contributed by atoms with Crippen LogP contribution in [0.1, 0.15) is 29.5 Å². The first-order chi connectivity index (χ1) is 12.2. The van der Waals surface area contributed by atoms with Crippen LogP contribution in [0.2, 0.25) is 5.02 Å². The number of nitrogens with zero attached hydrogens (tertiary/aromatic N) is 1. The van der Waals surface area contributed by atoms with Gasteiger partial charge in [-0.2, -0.15) is 18.3 Å². The zero-order valence-electron chi connectivity index (χ0n) is 13.4. The minimum Gasteiger partial charge on any atom is -0.459 e. The topological polar surface area (TPSA) is 83.7 Å². The number of carbonyl (C=O) groups excluding carboxylic acids is 2. The highest BCUT2D eigenvalue weighted by atomic mass is 35.5.